The van der Waals surface area contributed by atoms with Gasteiger partial charge in [-0.15, -0.1) is 0 Å². The van der Waals surface area contributed by atoms with Crippen molar-refractivity contribution >= 4 is 32.7 Å². The average Bonchev–Trinajstić information content (AvgIpc) is 3.23. The minimum absolute atomic E-state index is 0.0850. The predicted octanol–water partition coefficient (Wildman–Crippen LogP) is 7.70. The molecule has 6 aromatic rings. The number of hydrogen-bond donors (Lipinski definition) is 0. The molecule has 0 unspecified atom stereocenters. The first-order chi connectivity index (χ1) is 17.2. The standard InChI is InChI=1S/C29H21NO/c1-19-18-30-27(16-24(19)13-20-7-3-2-4-8-20)23-11-12-28-25(15-23)26-14-21-9-5-6-10-22(21)17-29(26)31-28/h2-12,14-18H,13H2,1H3/i1D3,13D2. The lowest BCUT2D eigenvalue weighted by Crippen LogP contribution is -1.95. The molecule has 148 valence electrons. The van der Waals surface area contributed by atoms with Crippen LogP contribution in [0.15, 0.2) is 102 Å². The number of aromatic nitrogens is 1. The van der Waals surface area contributed by atoms with E-state index in [1.54, 1.807) is 36.4 Å². The van der Waals surface area contributed by atoms with Crippen LogP contribution < -0.4 is 0 Å². The van der Waals surface area contributed by atoms with E-state index in [2.05, 4.69) is 17.1 Å². The summed E-state index contributed by atoms with van der Waals surface area (Å²) in [5, 5.41) is 4.10. The van der Waals surface area contributed by atoms with Gasteiger partial charge in [0.2, 0.25) is 0 Å². The van der Waals surface area contributed by atoms with E-state index in [0.29, 0.717) is 11.3 Å². The molecule has 2 heterocycles. The first-order valence-electron chi connectivity index (χ1n) is 12.6. The average molecular weight is 405 g/mol. The van der Waals surface area contributed by atoms with Crippen molar-refractivity contribution in [1.82, 2.24) is 4.98 Å². The zero-order valence-corrected chi connectivity index (χ0v) is 16.6. The quantitative estimate of drug-likeness (QED) is 0.302. The molecule has 0 N–H and O–H groups in total. The number of nitrogens with zero attached hydrogens (tertiary/aromatic N) is 1. The molecule has 0 fully saturated rings. The number of aryl methyl sites for hydroxylation is 1. The third kappa shape index (κ3) is 3.17. The normalized spacial score (nSPS) is 14.8. The smallest absolute Gasteiger partial charge is 0.136 e. The van der Waals surface area contributed by atoms with Crippen molar-refractivity contribution in [2.24, 2.45) is 0 Å². The van der Waals surface area contributed by atoms with Crippen LogP contribution in [-0.2, 0) is 6.37 Å². The van der Waals surface area contributed by atoms with Crippen LogP contribution in [-0.4, -0.2) is 4.98 Å². The van der Waals surface area contributed by atoms with Gasteiger partial charge >= 0.3 is 0 Å². The van der Waals surface area contributed by atoms with Gasteiger partial charge in [-0.1, -0.05) is 54.6 Å². The van der Waals surface area contributed by atoms with E-state index in [-0.39, 0.29) is 11.1 Å². The first kappa shape index (κ1) is 13.4. The number of furan rings is 1. The molecule has 2 aromatic heterocycles. The Balaban J connectivity index is 1.54. The molecule has 0 aliphatic heterocycles. The van der Waals surface area contributed by atoms with E-state index in [4.69, 9.17) is 11.3 Å². The molecule has 2 heteroatoms. The SMILES string of the molecule is [2H]C([2H])([2H])c1cnc(-c2ccc3oc4cc5ccccc5cc4c3c2)cc1C([2H])([2H])c1ccccc1. The molecule has 2 nitrogen and oxygen atoms in total. The lowest BCUT2D eigenvalue weighted by atomic mass is 9.99. The predicted molar refractivity (Wildman–Crippen MR) is 128 cm³/mol. The molecule has 31 heavy (non-hydrogen) atoms. The van der Waals surface area contributed by atoms with Gasteiger partial charge < -0.3 is 4.42 Å². The Morgan fingerprint density at radius 2 is 1.58 bits per heavy atom. The van der Waals surface area contributed by atoms with Crippen LogP contribution in [0.2, 0.25) is 0 Å². The lowest BCUT2D eigenvalue weighted by molar-refractivity contribution is 0.669. The maximum absolute atomic E-state index is 8.85. The van der Waals surface area contributed by atoms with E-state index < -0.39 is 13.2 Å². The molecule has 0 aliphatic rings. The lowest BCUT2D eigenvalue weighted by Gasteiger charge is -2.09. The Morgan fingerprint density at radius 1 is 0.806 bits per heavy atom. The molecule has 0 radical (unpaired) electrons. The summed E-state index contributed by atoms with van der Waals surface area (Å²) in [6.45, 7) is -2.51. The van der Waals surface area contributed by atoms with Crippen LogP contribution in [0.5, 0.6) is 0 Å². The van der Waals surface area contributed by atoms with E-state index in [1.165, 1.54) is 6.20 Å². The second-order valence-electron chi connectivity index (χ2n) is 7.61. The van der Waals surface area contributed by atoms with E-state index in [0.717, 1.165) is 38.3 Å². The van der Waals surface area contributed by atoms with Gasteiger partial charge in [-0.2, -0.15) is 0 Å². The van der Waals surface area contributed by atoms with Crippen LogP contribution >= 0.6 is 0 Å². The fourth-order valence-electron chi connectivity index (χ4n) is 4.02. The molecule has 4 aromatic carbocycles. The van der Waals surface area contributed by atoms with Gasteiger partial charge in [0.25, 0.3) is 0 Å². The zero-order chi connectivity index (χ0) is 25.1. The monoisotopic (exact) mass is 404 g/mol. The molecule has 0 bridgehead atoms. The van der Waals surface area contributed by atoms with Crippen molar-refractivity contribution < 1.29 is 11.3 Å². The van der Waals surface area contributed by atoms with Crippen molar-refractivity contribution in [3.8, 4) is 11.3 Å². The van der Waals surface area contributed by atoms with Gasteiger partial charge in [-0.25, -0.2) is 0 Å². The van der Waals surface area contributed by atoms with Crippen molar-refractivity contribution in [2.45, 2.75) is 13.2 Å². The van der Waals surface area contributed by atoms with Crippen molar-refractivity contribution in [1.29, 1.82) is 0 Å². The highest BCUT2D eigenvalue weighted by Crippen LogP contribution is 2.34. The molecular formula is C29H21NO. The molecule has 0 aliphatic carbocycles. The van der Waals surface area contributed by atoms with Crippen molar-refractivity contribution in [2.75, 3.05) is 0 Å². The van der Waals surface area contributed by atoms with Crippen LogP contribution in [0.1, 0.15) is 23.5 Å². The second-order valence-corrected chi connectivity index (χ2v) is 7.61. The van der Waals surface area contributed by atoms with Gasteiger partial charge in [0.05, 0.1) is 5.69 Å². The minimum Gasteiger partial charge on any atom is -0.456 e. The van der Waals surface area contributed by atoms with Gasteiger partial charge in [0.1, 0.15) is 11.2 Å². The van der Waals surface area contributed by atoms with Gasteiger partial charge in [0.15, 0.2) is 0 Å². The summed E-state index contributed by atoms with van der Waals surface area (Å²) in [4.78, 5) is 4.45. The Kier molecular flexibility index (Phi) is 3.07. The largest absolute Gasteiger partial charge is 0.456 e. The summed E-state index contributed by atoms with van der Waals surface area (Å²) in [6, 6.07) is 28.1. The molecule has 0 amide bonds. The Labute approximate surface area is 187 Å². The molecule has 0 saturated heterocycles. The molecule has 6 rings (SSSR count). The highest BCUT2D eigenvalue weighted by molar-refractivity contribution is 6.10. The first-order valence-corrected chi connectivity index (χ1v) is 10.1. The Hall–Kier alpha value is -3.91. The summed E-state index contributed by atoms with van der Waals surface area (Å²) in [5.41, 5.74) is 3.14. The summed E-state index contributed by atoms with van der Waals surface area (Å²) in [5.74, 6) is 0. The van der Waals surface area contributed by atoms with E-state index in [9.17, 15) is 0 Å². The van der Waals surface area contributed by atoms with Crippen LogP contribution in [0.4, 0.5) is 0 Å². The highest BCUT2D eigenvalue weighted by Gasteiger charge is 2.11. The third-order valence-electron chi connectivity index (χ3n) is 5.59. The maximum atomic E-state index is 8.85. The third-order valence-corrected chi connectivity index (χ3v) is 5.59. The molecule has 0 atom stereocenters. The number of fused-ring (bicyclic) bond motifs is 4. The second kappa shape index (κ2) is 7.10. The number of pyridine rings is 1. The van der Waals surface area contributed by atoms with Crippen LogP contribution in [0.25, 0.3) is 44.0 Å². The maximum Gasteiger partial charge on any atom is 0.136 e. The minimum atomic E-state index is -2.51. The van der Waals surface area contributed by atoms with Gasteiger partial charge in [-0.3, -0.25) is 4.98 Å². The highest BCUT2D eigenvalue weighted by atomic mass is 16.3. The Bertz CT molecular complexity index is 1750. The van der Waals surface area contributed by atoms with Crippen molar-refractivity contribution in [3.05, 3.63) is 114 Å². The number of benzene rings is 4. The van der Waals surface area contributed by atoms with Gasteiger partial charge in [-0.05, 0) is 77.1 Å². The van der Waals surface area contributed by atoms with Crippen molar-refractivity contribution in [3.63, 3.8) is 0 Å². The summed E-state index contributed by atoms with van der Waals surface area (Å²) in [7, 11) is 0. The van der Waals surface area contributed by atoms with Gasteiger partial charge in [0, 0.05) is 29.4 Å². The molecule has 0 spiro atoms. The fraction of sp³-hybridized carbons (Fsp3) is 0.0690. The van der Waals surface area contributed by atoms with Crippen LogP contribution in [0.3, 0.4) is 0 Å². The summed E-state index contributed by atoms with van der Waals surface area (Å²) < 4.78 is 47.8. The molecule has 0 saturated carbocycles. The summed E-state index contributed by atoms with van der Waals surface area (Å²) >= 11 is 0. The zero-order valence-electron chi connectivity index (χ0n) is 21.6. The van der Waals surface area contributed by atoms with Crippen LogP contribution in [0, 0.1) is 6.85 Å². The Morgan fingerprint density at radius 3 is 2.42 bits per heavy atom. The number of hydrogen-bond acceptors (Lipinski definition) is 2. The fourth-order valence-corrected chi connectivity index (χ4v) is 4.02. The van der Waals surface area contributed by atoms with E-state index in [1.807, 2.05) is 42.5 Å². The summed E-state index contributed by atoms with van der Waals surface area (Å²) in [6.07, 6.45) is -0.738. The van der Waals surface area contributed by atoms with E-state index >= 15 is 0 Å². The number of rotatable bonds is 3. The molecular weight excluding hydrogens is 378 g/mol. The topological polar surface area (TPSA) is 26.0 Å².